The van der Waals surface area contributed by atoms with Crippen LogP contribution in [0.2, 0.25) is 0 Å². The molecular weight excluding hydrogens is 216 g/mol. The molecule has 0 aliphatic heterocycles. The molecule has 0 atom stereocenters. The number of carboxylic acid groups (broad SMARTS) is 1. The molecule has 0 amide bonds. The lowest BCUT2D eigenvalue weighted by molar-refractivity contribution is -0.136. The number of rotatable bonds is 5. The summed E-state index contributed by atoms with van der Waals surface area (Å²) >= 11 is 5.58. The van der Waals surface area contributed by atoms with Gasteiger partial charge in [0.2, 0.25) is 0 Å². The predicted octanol–water partition coefficient (Wildman–Crippen LogP) is 2.19. The van der Waals surface area contributed by atoms with Gasteiger partial charge >= 0.3 is 5.97 Å². The molecule has 3 nitrogen and oxygen atoms in total. The van der Waals surface area contributed by atoms with Gasteiger partial charge in [0, 0.05) is 5.88 Å². The summed E-state index contributed by atoms with van der Waals surface area (Å²) in [6, 6.07) is 4.81. The van der Waals surface area contributed by atoms with E-state index in [1.807, 2.05) is 0 Å². The van der Waals surface area contributed by atoms with E-state index in [2.05, 4.69) is 0 Å². The van der Waals surface area contributed by atoms with Gasteiger partial charge in [-0.3, -0.25) is 4.79 Å². The zero-order valence-corrected chi connectivity index (χ0v) is 9.00. The van der Waals surface area contributed by atoms with Crippen LogP contribution >= 0.6 is 11.6 Å². The van der Waals surface area contributed by atoms with Crippen molar-refractivity contribution in [1.82, 2.24) is 0 Å². The molecule has 0 bridgehead atoms. The van der Waals surface area contributed by atoms with E-state index in [4.69, 9.17) is 16.7 Å². The van der Waals surface area contributed by atoms with Crippen LogP contribution in [0, 0.1) is 0 Å². The molecule has 0 aliphatic carbocycles. The van der Waals surface area contributed by atoms with Crippen LogP contribution in [-0.2, 0) is 17.6 Å². The van der Waals surface area contributed by atoms with Gasteiger partial charge in [0.25, 0.3) is 0 Å². The zero-order valence-electron chi connectivity index (χ0n) is 8.24. The van der Waals surface area contributed by atoms with Gasteiger partial charge in [0.15, 0.2) is 0 Å². The van der Waals surface area contributed by atoms with Crippen molar-refractivity contribution >= 4 is 17.6 Å². The van der Waals surface area contributed by atoms with Crippen LogP contribution in [0.25, 0.3) is 0 Å². The molecular formula is C11H13ClO3. The Labute approximate surface area is 93.3 Å². The van der Waals surface area contributed by atoms with E-state index in [1.165, 1.54) is 6.07 Å². The Hall–Kier alpha value is -1.22. The number of carbonyl (C=O) groups is 1. The Morgan fingerprint density at radius 2 is 2.07 bits per heavy atom. The number of halogens is 1. The van der Waals surface area contributed by atoms with Gasteiger partial charge in [0.05, 0.1) is 6.42 Å². The molecule has 0 heterocycles. The summed E-state index contributed by atoms with van der Waals surface area (Å²) in [7, 11) is 0. The van der Waals surface area contributed by atoms with Crippen LogP contribution in [0.5, 0.6) is 5.75 Å². The first kappa shape index (κ1) is 11.9. The second-order valence-corrected chi connectivity index (χ2v) is 3.69. The van der Waals surface area contributed by atoms with E-state index >= 15 is 0 Å². The largest absolute Gasteiger partial charge is 0.508 e. The first-order valence-electron chi connectivity index (χ1n) is 4.72. The quantitative estimate of drug-likeness (QED) is 0.760. The maximum Gasteiger partial charge on any atom is 0.307 e. The van der Waals surface area contributed by atoms with Gasteiger partial charge in [-0.15, -0.1) is 11.6 Å². The standard InChI is InChI=1S/C11H13ClO3/c12-5-1-2-8-3-4-10(13)6-9(8)7-11(14)15/h3-4,6,13H,1-2,5,7H2,(H,14,15). The van der Waals surface area contributed by atoms with Crippen LogP contribution < -0.4 is 0 Å². The lowest BCUT2D eigenvalue weighted by Gasteiger charge is -2.07. The number of phenols is 1. The molecule has 2 N–H and O–H groups in total. The summed E-state index contributed by atoms with van der Waals surface area (Å²) < 4.78 is 0. The summed E-state index contributed by atoms with van der Waals surface area (Å²) in [5.41, 5.74) is 1.60. The van der Waals surface area contributed by atoms with Gasteiger partial charge < -0.3 is 10.2 Å². The van der Waals surface area contributed by atoms with E-state index in [0.29, 0.717) is 11.4 Å². The van der Waals surface area contributed by atoms with Gasteiger partial charge in [-0.2, -0.15) is 0 Å². The third kappa shape index (κ3) is 3.80. The van der Waals surface area contributed by atoms with Crippen molar-refractivity contribution in [3.63, 3.8) is 0 Å². The van der Waals surface area contributed by atoms with E-state index < -0.39 is 5.97 Å². The Kier molecular flexibility index (Phi) is 4.43. The summed E-state index contributed by atoms with van der Waals surface area (Å²) in [6.07, 6.45) is 1.48. The molecule has 0 unspecified atom stereocenters. The second-order valence-electron chi connectivity index (χ2n) is 3.32. The minimum Gasteiger partial charge on any atom is -0.508 e. The van der Waals surface area contributed by atoms with E-state index in [1.54, 1.807) is 12.1 Å². The molecule has 0 saturated carbocycles. The predicted molar refractivity (Wildman–Crippen MR) is 58.5 cm³/mol. The Bertz CT molecular complexity index is 350. The molecule has 4 heteroatoms. The van der Waals surface area contributed by atoms with Crippen molar-refractivity contribution in [2.45, 2.75) is 19.3 Å². The molecule has 1 aromatic rings. The van der Waals surface area contributed by atoms with Crippen molar-refractivity contribution in [3.8, 4) is 5.75 Å². The highest BCUT2D eigenvalue weighted by molar-refractivity contribution is 6.17. The van der Waals surface area contributed by atoms with Crippen LogP contribution in [0.3, 0.4) is 0 Å². The van der Waals surface area contributed by atoms with Crippen molar-refractivity contribution in [2.75, 3.05) is 5.88 Å². The fraction of sp³-hybridized carbons (Fsp3) is 0.364. The first-order chi connectivity index (χ1) is 7.13. The van der Waals surface area contributed by atoms with Crippen LogP contribution in [-0.4, -0.2) is 22.1 Å². The number of hydrogen-bond acceptors (Lipinski definition) is 2. The first-order valence-corrected chi connectivity index (χ1v) is 5.25. The number of hydrogen-bond donors (Lipinski definition) is 2. The number of benzene rings is 1. The molecule has 0 spiro atoms. The van der Waals surface area contributed by atoms with Crippen molar-refractivity contribution < 1.29 is 15.0 Å². The lowest BCUT2D eigenvalue weighted by atomic mass is 10.0. The number of carboxylic acids is 1. The molecule has 15 heavy (non-hydrogen) atoms. The highest BCUT2D eigenvalue weighted by atomic mass is 35.5. The highest BCUT2D eigenvalue weighted by Crippen LogP contribution is 2.18. The number of aliphatic carboxylic acids is 1. The van der Waals surface area contributed by atoms with Crippen LogP contribution in [0.4, 0.5) is 0 Å². The lowest BCUT2D eigenvalue weighted by Crippen LogP contribution is -2.03. The Morgan fingerprint density at radius 1 is 1.33 bits per heavy atom. The number of phenolic OH excluding ortho intramolecular Hbond substituents is 1. The molecule has 0 aliphatic rings. The molecule has 0 radical (unpaired) electrons. The SMILES string of the molecule is O=C(O)Cc1cc(O)ccc1CCCCl. The van der Waals surface area contributed by atoms with Gasteiger partial charge in [-0.25, -0.2) is 0 Å². The molecule has 0 saturated heterocycles. The van der Waals surface area contributed by atoms with E-state index in [9.17, 15) is 9.90 Å². The summed E-state index contributed by atoms with van der Waals surface area (Å²) in [6.45, 7) is 0. The third-order valence-electron chi connectivity index (χ3n) is 2.11. The summed E-state index contributed by atoms with van der Waals surface area (Å²) in [5, 5.41) is 18.0. The van der Waals surface area contributed by atoms with Crippen LogP contribution in [0.1, 0.15) is 17.5 Å². The fourth-order valence-electron chi connectivity index (χ4n) is 1.44. The maximum absolute atomic E-state index is 10.6. The summed E-state index contributed by atoms with van der Waals surface area (Å²) in [5.74, 6) is -0.249. The number of aryl methyl sites for hydroxylation is 1. The highest BCUT2D eigenvalue weighted by Gasteiger charge is 2.07. The van der Waals surface area contributed by atoms with Crippen LogP contribution in [0.15, 0.2) is 18.2 Å². The van der Waals surface area contributed by atoms with Gasteiger partial charge in [0.1, 0.15) is 5.75 Å². The van der Waals surface area contributed by atoms with E-state index in [0.717, 1.165) is 18.4 Å². The summed E-state index contributed by atoms with van der Waals surface area (Å²) in [4.78, 5) is 10.6. The molecule has 1 aromatic carbocycles. The minimum absolute atomic E-state index is 0.0635. The topological polar surface area (TPSA) is 57.5 Å². The minimum atomic E-state index is -0.896. The third-order valence-corrected chi connectivity index (χ3v) is 2.38. The monoisotopic (exact) mass is 228 g/mol. The Balaban J connectivity index is 2.87. The fourth-order valence-corrected chi connectivity index (χ4v) is 1.57. The van der Waals surface area contributed by atoms with Crippen molar-refractivity contribution in [1.29, 1.82) is 0 Å². The molecule has 0 fully saturated rings. The van der Waals surface area contributed by atoms with Crippen molar-refractivity contribution in [2.24, 2.45) is 0 Å². The smallest absolute Gasteiger partial charge is 0.307 e. The zero-order chi connectivity index (χ0) is 11.3. The molecule has 0 aromatic heterocycles. The van der Waals surface area contributed by atoms with Gasteiger partial charge in [-0.05, 0) is 36.1 Å². The number of aromatic hydroxyl groups is 1. The normalized spacial score (nSPS) is 10.2. The Morgan fingerprint density at radius 3 is 2.67 bits per heavy atom. The van der Waals surface area contributed by atoms with Gasteiger partial charge in [-0.1, -0.05) is 6.07 Å². The second kappa shape index (κ2) is 5.61. The maximum atomic E-state index is 10.6. The number of alkyl halides is 1. The molecule has 82 valence electrons. The molecule has 1 rings (SSSR count). The van der Waals surface area contributed by atoms with Crippen molar-refractivity contribution in [3.05, 3.63) is 29.3 Å². The van der Waals surface area contributed by atoms with E-state index in [-0.39, 0.29) is 12.2 Å². The average Bonchev–Trinajstić information content (AvgIpc) is 2.16. The average molecular weight is 229 g/mol.